The molecule has 6 rings (SSSR count). The van der Waals surface area contributed by atoms with E-state index < -0.39 is 0 Å². The Labute approximate surface area is 182 Å². The smallest absolute Gasteiger partial charge is 0.262 e. The summed E-state index contributed by atoms with van der Waals surface area (Å²) in [5, 5.41) is 10.8. The molecular formula is C19H13N6S4+. The van der Waals surface area contributed by atoms with E-state index in [0.717, 1.165) is 20.4 Å². The van der Waals surface area contributed by atoms with Crippen LogP contribution in [0.4, 0.5) is 5.69 Å². The van der Waals surface area contributed by atoms with Gasteiger partial charge in [-0.3, -0.25) is 0 Å². The van der Waals surface area contributed by atoms with Crippen molar-refractivity contribution in [2.24, 2.45) is 7.05 Å². The number of allylic oxidation sites excluding steroid dienone is 2. The summed E-state index contributed by atoms with van der Waals surface area (Å²) in [6.45, 7) is 0. The highest BCUT2D eigenvalue weighted by molar-refractivity contribution is 8.03. The van der Waals surface area contributed by atoms with E-state index in [2.05, 4.69) is 73.1 Å². The minimum Gasteiger partial charge on any atom is -0.337 e. The van der Waals surface area contributed by atoms with Crippen LogP contribution in [0, 0.1) is 0 Å². The van der Waals surface area contributed by atoms with Gasteiger partial charge in [0.15, 0.2) is 0 Å². The zero-order valence-electron chi connectivity index (χ0n) is 15.4. The molecule has 2 aromatic carbocycles. The summed E-state index contributed by atoms with van der Waals surface area (Å²) in [6.07, 6.45) is 6.46. The second kappa shape index (κ2) is 6.56. The molecule has 0 spiro atoms. The number of fused-ring (bicyclic) bond motifs is 6. The normalized spacial score (nSPS) is 15.7. The van der Waals surface area contributed by atoms with Crippen LogP contribution in [0.15, 0.2) is 46.3 Å². The second-order valence-corrected chi connectivity index (χ2v) is 10.2. The fourth-order valence-corrected chi connectivity index (χ4v) is 7.29. The number of rotatable bonds is 2. The first-order valence-electron chi connectivity index (χ1n) is 8.79. The molecule has 0 unspecified atom stereocenters. The molecule has 3 aromatic heterocycles. The SMILES string of the molecule is CN1C(=CC=Cc2sc3ccc4nnsc4c3[n+]2C)Sc2ccc3nnsc3c21. The van der Waals surface area contributed by atoms with Gasteiger partial charge in [-0.05, 0) is 53.4 Å². The van der Waals surface area contributed by atoms with E-state index in [1.807, 2.05) is 12.1 Å². The molecule has 142 valence electrons. The Morgan fingerprint density at radius 3 is 2.62 bits per heavy atom. The maximum Gasteiger partial charge on any atom is 0.262 e. The Morgan fingerprint density at radius 1 is 1.00 bits per heavy atom. The molecule has 0 radical (unpaired) electrons. The lowest BCUT2D eigenvalue weighted by atomic mass is 10.3. The predicted molar refractivity (Wildman–Crippen MR) is 123 cm³/mol. The third-order valence-corrected chi connectivity index (χ3v) is 8.78. The van der Waals surface area contributed by atoms with Gasteiger partial charge < -0.3 is 4.90 Å². The van der Waals surface area contributed by atoms with Crippen LogP contribution in [-0.4, -0.2) is 26.2 Å². The van der Waals surface area contributed by atoms with Gasteiger partial charge in [-0.1, -0.05) is 38.2 Å². The highest BCUT2D eigenvalue weighted by Crippen LogP contribution is 2.49. The van der Waals surface area contributed by atoms with Crippen molar-refractivity contribution in [3.63, 3.8) is 0 Å². The topological polar surface area (TPSA) is 58.7 Å². The fraction of sp³-hybridized carbons (Fsp3) is 0.105. The Bertz CT molecular complexity index is 1470. The standard InChI is InChI=1S/C19H13N6S4/c1-24-14(26-12-8-6-10-18(16(12)24)28-22-20-10)4-3-5-15-25(2)17-13(27-15)9-7-11-19(17)29-23-21-11/h3-9H,1-2H3/q+1. The molecule has 29 heavy (non-hydrogen) atoms. The Kier molecular flexibility index (Phi) is 3.95. The highest BCUT2D eigenvalue weighted by atomic mass is 32.2. The summed E-state index contributed by atoms with van der Waals surface area (Å²) >= 11 is 6.46. The first-order chi connectivity index (χ1) is 14.2. The van der Waals surface area contributed by atoms with E-state index in [1.54, 1.807) is 23.1 Å². The number of anilines is 1. The average molecular weight is 454 g/mol. The predicted octanol–water partition coefficient (Wildman–Crippen LogP) is 4.83. The summed E-state index contributed by atoms with van der Waals surface area (Å²) in [4.78, 5) is 3.47. The zero-order chi connectivity index (χ0) is 19.5. The Hall–Kier alpha value is -2.40. The van der Waals surface area contributed by atoms with Crippen LogP contribution in [0.5, 0.6) is 0 Å². The van der Waals surface area contributed by atoms with Crippen molar-refractivity contribution >= 4 is 88.6 Å². The number of benzene rings is 2. The number of nitrogens with zero attached hydrogens (tertiary/aromatic N) is 6. The number of thiazole rings is 1. The van der Waals surface area contributed by atoms with E-state index in [9.17, 15) is 0 Å². The quantitative estimate of drug-likeness (QED) is 0.357. The summed E-state index contributed by atoms with van der Waals surface area (Å²) in [6, 6.07) is 8.35. The number of thioether (sulfide) groups is 1. The first kappa shape index (κ1) is 17.5. The largest absolute Gasteiger partial charge is 0.337 e. The maximum absolute atomic E-state index is 4.20. The molecule has 0 atom stereocenters. The zero-order valence-corrected chi connectivity index (χ0v) is 18.6. The molecule has 0 N–H and O–H groups in total. The minimum absolute atomic E-state index is 0.958. The van der Waals surface area contributed by atoms with Crippen LogP contribution in [0.3, 0.4) is 0 Å². The van der Waals surface area contributed by atoms with E-state index in [-0.39, 0.29) is 0 Å². The molecule has 1 aliphatic rings. The van der Waals surface area contributed by atoms with E-state index in [4.69, 9.17) is 0 Å². The van der Waals surface area contributed by atoms with Crippen molar-refractivity contribution in [2.45, 2.75) is 4.90 Å². The van der Waals surface area contributed by atoms with Crippen molar-refractivity contribution in [3.8, 4) is 0 Å². The average Bonchev–Trinajstić information content (AvgIpc) is 3.48. The van der Waals surface area contributed by atoms with Gasteiger partial charge in [0.25, 0.3) is 5.01 Å². The molecule has 0 aliphatic carbocycles. The van der Waals surface area contributed by atoms with Crippen molar-refractivity contribution in [1.82, 2.24) is 19.2 Å². The third-order valence-electron chi connectivity index (χ3n) is 4.95. The van der Waals surface area contributed by atoms with E-state index in [0.29, 0.717) is 0 Å². The lowest BCUT2D eigenvalue weighted by molar-refractivity contribution is -0.641. The van der Waals surface area contributed by atoms with Crippen molar-refractivity contribution in [2.75, 3.05) is 11.9 Å². The van der Waals surface area contributed by atoms with Crippen molar-refractivity contribution < 1.29 is 4.57 Å². The van der Waals surface area contributed by atoms with E-state index in [1.165, 1.54) is 53.9 Å². The van der Waals surface area contributed by atoms with Crippen LogP contribution in [0.25, 0.3) is 36.7 Å². The van der Waals surface area contributed by atoms with Gasteiger partial charge in [0.1, 0.15) is 32.2 Å². The lowest BCUT2D eigenvalue weighted by Gasteiger charge is -2.12. The molecule has 4 heterocycles. The van der Waals surface area contributed by atoms with Crippen LogP contribution < -0.4 is 9.47 Å². The van der Waals surface area contributed by atoms with E-state index >= 15 is 0 Å². The maximum atomic E-state index is 4.20. The van der Waals surface area contributed by atoms with Gasteiger partial charge in [0, 0.05) is 18.0 Å². The van der Waals surface area contributed by atoms with Gasteiger partial charge in [0.05, 0.1) is 10.7 Å². The Morgan fingerprint density at radius 2 is 1.76 bits per heavy atom. The number of hydrogen-bond acceptors (Lipinski definition) is 9. The number of aryl methyl sites for hydroxylation is 1. The molecule has 0 saturated carbocycles. The van der Waals surface area contributed by atoms with Gasteiger partial charge in [-0.15, -0.1) is 10.2 Å². The molecule has 0 fully saturated rings. The third kappa shape index (κ3) is 2.63. The molecular weight excluding hydrogens is 441 g/mol. The lowest BCUT2D eigenvalue weighted by Crippen LogP contribution is -2.28. The molecule has 10 heteroatoms. The molecule has 0 bridgehead atoms. The summed E-state index contributed by atoms with van der Waals surface area (Å²) in [5.41, 5.74) is 4.32. The van der Waals surface area contributed by atoms with Crippen LogP contribution >= 0.6 is 46.2 Å². The van der Waals surface area contributed by atoms with Crippen LogP contribution in [-0.2, 0) is 7.05 Å². The van der Waals surface area contributed by atoms with Crippen molar-refractivity contribution in [3.05, 3.63) is 46.5 Å². The summed E-state index contributed by atoms with van der Waals surface area (Å²) in [7, 11) is 4.20. The highest BCUT2D eigenvalue weighted by Gasteiger charge is 2.25. The Balaban J connectivity index is 1.36. The van der Waals surface area contributed by atoms with Crippen LogP contribution in [0.2, 0.25) is 0 Å². The molecule has 5 aromatic rings. The molecule has 6 nitrogen and oxygen atoms in total. The van der Waals surface area contributed by atoms with Crippen LogP contribution in [0.1, 0.15) is 5.01 Å². The number of aromatic nitrogens is 5. The monoisotopic (exact) mass is 453 g/mol. The van der Waals surface area contributed by atoms with Gasteiger partial charge in [0.2, 0.25) is 5.52 Å². The molecule has 0 saturated heterocycles. The summed E-state index contributed by atoms with van der Waals surface area (Å²) in [5.74, 6) is 0. The minimum atomic E-state index is 0.958. The van der Waals surface area contributed by atoms with Crippen molar-refractivity contribution in [1.29, 1.82) is 0 Å². The molecule has 0 amide bonds. The number of hydrogen-bond donors (Lipinski definition) is 0. The van der Waals surface area contributed by atoms with Gasteiger partial charge >= 0.3 is 0 Å². The first-order valence-corrected chi connectivity index (χ1v) is 12.0. The summed E-state index contributed by atoms with van der Waals surface area (Å²) < 4.78 is 14.0. The second-order valence-electron chi connectivity index (χ2n) is 6.59. The molecule has 1 aliphatic heterocycles. The van der Waals surface area contributed by atoms with Gasteiger partial charge in [-0.25, -0.2) is 0 Å². The van der Waals surface area contributed by atoms with Gasteiger partial charge in [-0.2, -0.15) is 4.57 Å². The fourth-order valence-electron chi connectivity index (χ4n) is 3.52.